The van der Waals surface area contributed by atoms with Crippen LogP contribution < -0.4 is 15.4 Å². The van der Waals surface area contributed by atoms with Crippen LogP contribution in [-0.2, 0) is 12.6 Å². The Morgan fingerprint density at radius 1 is 1.21 bits per heavy atom. The van der Waals surface area contributed by atoms with E-state index in [0.29, 0.717) is 18.7 Å². The molecule has 9 heteroatoms. The van der Waals surface area contributed by atoms with Crippen molar-refractivity contribution >= 4 is 23.1 Å². The number of nitrogens with one attached hydrogen (secondary N) is 2. The average molecular weight is 356 g/mol. The molecule has 2 N–H and O–H groups in total. The van der Waals surface area contributed by atoms with E-state index in [1.54, 1.807) is 25.4 Å². The van der Waals surface area contributed by atoms with Crippen molar-refractivity contribution in [2.75, 3.05) is 19.0 Å². The summed E-state index contributed by atoms with van der Waals surface area (Å²) in [4.78, 5) is 7.87. The molecule has 0 aliphatic rings. The van der Waals surface area contributed by atoms with Crippen molar-refractivity contribution in [3.63, 3.8) is 0 Å². The van der Waals surface area contributed by atoms with Gasteiger partial charge in [-0.2, -0.15) is 13.2 Å². The third kappa shape index (κ3) is 4.79. The van der Waals surface area contributed by atoms with Gasteiger partial charge in [-0.25, -0.2) is 4.98 Å². The largest absolute Gasteiger partial charge is 0.495 e. The Morgan fingerprint density at radius 3 is 2.62 bits per heavy atom. The van der Waals surface area contributed by atoms with E-state index in [0.717, 1.165) is 11.8 Å². The molecule has 0 radical (unpaired) electrons. The van der Waals surface area contributed by atoms with E-state index in [9.17, 15) is 13.2 Å². The third-order valence-electron chi connectivity index (χ3n) is 3.06. The van der Waals surface area contributed by atoms with Crippen LogP contribution in [-0.4, -0.2) is 28.7 Å². The van der Waals surface area contributed by atoms with Crippen LogP contribution in [0.1, 0.15) is 11.3 Å². The highest BCUT2D eigenvalue weighted by Gasteiger charge is 2.34. The Hall–Kier alpha value is -2.42. The Bertz CT molecular complexity index is 709. The van der Waals surface area contributed by atoms with Gasteiger partial charge in [-0.1, -0.05) is 0 Å². The fraction of sp³-hybridized carbons (Fsp3) is 0.267. The summed E-state index contributed by atoms with van der Waals surface area (Å²) >= 11 is 5.01. The van der Waals surface area contributed by atoms with Gasteiger partial charge >= 0.3 is 6.18 Å². The molecule has 0 aliphatic carbocycles. The van der Waals surface area contributed by atoms with Crippen LogP contribution >= 0.6 is 12.2 Å². The molecule has 2 rings (SSSR count). The molecule has 0 amide bonds. The number of nitrogens with zero attached hydrogens (tertiary/aromatic N) is 2. The molecule has 2 heterocycles. The Kier molecular flexibility index (Phi) is 5.91. The fourth-order valence-electron chi connectivity index (χ4n) is 1.98. The summed E-state index contributed by atoms with van der Waals surface area (Å²) < 4.78 is 43.8. The van der Waals surface area contributed by atoms with Gasteiger partial charge < -0.3 is 15.4 Å². The third-order valence-corrected chi connectivity index (χ3v) is 3.31. The summed E-state index contributed by atoms with van der Waals surface area (Å²) in [5.41, 5.74) is -0.148. The van der Waals surface area contributed by atoms with Gasteiger partial charge in [0.25, 0.3) is 0 Å². The number of hydrogen-bond acceptors (Lipinski definition) is 4. The van der Waals surface area contributed by atoms with Crippen LogP contribution in [0.3, 0.4) is 0 Å². The van der Waals surface area contributed by atoms with Crippen LogP contribution in [0.25, 0.3) is 0 Å². The van der Waals surface area contributed by atoms with E-state index >= 15 is 0 Å². The normalized spacial score (nSPS) is 11.0. The standard InChI is InChI=1S/C15H15F3N4OS/c1-23-12-5-3-7-19-11(12)6-9-21-14(24)22-13-10(15(16,17)18)4-2-8-20-13/h2-5,7-8H,6,9H2,1H3,(H2,20,21,22,24). The van der Waals surface area contributed by atoms with Crippen molar-refractivity contribution in [3.8, 4) is 5.75 Å². The molecular weight excluding hydrogens is 341 g/mol. The smallest absolute Gasteiger partial charge is 0.419 e. The lowest BCUT2D eigenvalue weighted by Gasteiger charge is -2.14. The summed E-state index contributed by atoms with van der Waals surface area (Å²) in [6.45, 7) is 0.382. The van der Waals surface area contributed by atoms with Gasteiger partial charge in [0.05, 0.1) is 18.4 Å². The minimum absolute atomic E-state index is 0.0501. The van der Waals surface area contributed by atoms with Gasteiger partial charge in [-0.3, -0.25) is 4.98 Å². The maximum Gasteiger partial charge on any atom is 0.419 e. The fourth-order valence-corrected chi connectivity index (χ4v) is 2.18. The minimum Gasteiger partial charge on any atom is -0.495 e. The summed E-state index contributed by atoms with van der Waals surface area (Å²) in [5, 5.41) is 5.35. The van der Waals surface area contributed by atoms with Gasteiger partial charge in [-0.15, -0.1) is 0 Å². The number of ether oxygens (including phenoxy) is 1. The molecule has 128 valence electrons. The summed E-state index contributed by atoms with van der Waals surface area (Å²) in [7, 11) is 1.54. The number of anilines is 1. The SMILES string of the molecule is COc1cccnc1CCNC(=S)Nc1ncccc1C(F)(F)F. The molecule has 0 saturated carbocycles. The van der Waals surface area contributed by atoms with Crippen molar-refractivity contribution < 1.29 is 17.9 Å². The topological polar surface area (TPSA) is 59.1 Å². The molecule has 0 bridgehead atoms. The van der Waals surface area contributed by atoms with Gasteiger partial charge in [0.15, 0.2) is 5.11 Å². The molecule has 0 atom stereocenters. The van der Waals surface area contributed by atoms with E-state index in [1.807, 2.05) is 0 Å². The van der Waals surface area contributed by atoms with Crippen LogP contribution in [0, 0.1) is 0 Å². The van der Waals surface area contributed by atoms with Crippen LogP contribution in [0.4, 0.5) is 19.0 Å². The molecular formula is C15H15F3N4OS. The number of alkyl halides is 3. The molecule has 5 nitrogen and oxygen atoms in total. The minimum atomic E-state index is -4.51. The number of halogens is 3. The van der Waals surface area contributed by atoms with E-state index in [-0.39, 0.29) is 10.9 Å². The van der Waals surface area contributed by atoms with Gasteiger partial charge in [-0.05, 0) is 36.5 Å². The molecule has 2 aromatic heterocycles. The second-order valence-corrected chi connectivity index (χ2v) is 5.09. The monoisotopic (exact) mass is 356 g/mol. The Morgan fingerprint density at radius 2 is 1.92 bits per heavy atom. The van der Waals surface area contributed by atoms with Gasteiger partial charge in [0.1, 0.15) is 11.6 Å². The molecule has 0 fully saturated rings. The first-order valence-electron chi connectivity index (χ1n) is 6.96. The van der Waals surface area contributed by atoms with Crippen molar-refractivity contribution in [2.45, 2.75) is 12.6 Å². The highest BCUT2D eigenvalue weighted by Crippen LogP contribution is 2.33. The average Bonchev–Trinajstić information content (AvgIpc) is 2.55. The maximum absolute atomic E-state index is 12.9. The van der Waals surface area contributed by atoms with Crippen molar-refractivity contribution in [1.29, 1.82) is 0 Å². The van der Waals surface area contributed by atoms with E-state index in [2.05, 4.69) is 20.6 Å². The lowest BCUT2D eigenvalue weighted by molar-refractivity contribution is -0.137. The van der Waals surface area contributed by atoms with Crippen molar-refractivity contribution in [2.24, 2.45) is 0 Å². The highest BCUT2D eigenvalue weighted by molar-refractivity contribution is 7.80. The number of thiocarbonyl (C=S) groups is 1. The predicted molar refractivity (Wildman–Crippen MR) is 88.0 cm³/mol. The first kappa shape index (κ1) is 17.9. The van der Waals surface area contributed by atoms with E-state index in [1.165, 1.54) is 12.3 Å². The van der Waals surface area contributed by atoms with E-state index in [4.69, 9.17) is 17.0 Å². The number of rotatable bonds is 5. The number of methoxy groups -OCH3 is 1. The lowest BCUT2D eigenvalue weighted by atomic mass is 10.2. The summed E-state index contributed by atoms with van der Waals surface area (Å²) in [6.07, 6.45) is -1.11. The maximum atomic E-state index is 12.9. The zero-order valence-electron chi connectivity index (χ0n) is 12.7. The quantitative estimate of drug-likeness (QED) is 0.803. The van der Waals surface area contributed by atoms with Crippen molar-refractivity contribution in [3.05, 3.63) is 47.9 Å². The van der Waals surface area contributed by atoms with E-state index < -0.39 is 11.7 Å². The number of aromatic nitrogens is 2. The zero-order chi connectivity index (χ0) is 17.6. The zero-order valence-corrected chi connectivity index (χ0v) is 13.5. The molecule has 0 unspecified atom stereocenters. The molecule has 24 heavy (non-hydrogen) atoms. The molecule has 0 saturated heterocycles. The molecule has 0 aromatic carbocycles. The number of hydrogen-bond donors (Lipinski definition) is 2. The van der Waals surface area contributed by atoms with Gasteiger partial charge in [0.2, 0.25) is 0 Å². The van der Waals surface area contributed by atoms with Crippen LogP contribution in [0.5, 0.6) is 5.75 Å². The summed E-state index contributed by atoms with van der Waals surface area (Å²) in [6, 6.07) is 5.69. The summed E-state index contributed by atoms with van der Waals surface area (Å²) in [5.74, 6) is 0.306. The lowest BCUT2D eigenvalue weighted by Crippen LogP contribution is -2.31. The predicted octanol–water partition coefficient (Wildman–Crippen LogP) is 3.03. The second kappa shape index (κ2) is 7.91. The molecule has 0 aliphatic heterocycles. The Balaban J connectivity index is 1.93. The van der Waals surface area contributed by atoms with Gasteiger partial charge in [0, 0.05) is 25.4 Å². The first-order valence-corrected chi connectivity index (χ1v) is 7.37. The van der Waals surface area contributed by atoms with Crippen LogP contribution in [0.2, 0.25) is 0 Å². The van der Waals surface area contributed by atoms with Crippen molar-refractivity contribution in [1.82, 2.24) is 15.3 Å². The second-order valence-electron chi connectivity index (χ2n) is 4.68. The Labute approximate surface area is 142 Å². The molecule has 0 spiro atoms. The first-order chi connectivity index (χ1) is 11.4. The van der Waals surface area contributed by atoms with Crippen LogP contribution in [0.15, 0.2) is 36.7 Å². The molecule has 2 aromatic rings. The highest BCUT2D eigenvalue weighted by atomic mass is 32.1. The number of pyridine rings is 2.